The first kappa shape index (κ1) is 11.4. The fourth-order valence-electron chi connectivity index (χ4n) is 2.03. The zero-order chi connectivity index (χ0) is 12.6. The molecule has 18 heavy (non-hydrogen) atoms. The van der Waals surface area contributed by atoms with Gasteiger partial charge in [0.2, 0.25) is 0 Å². The molecule has 1 aliphatic carbocycles. The number of aromatic nitrogens is 2. The van der Waals surface area contributed by atoms with Crippen LogP contribution in [0, 0.1) is 0 Å². The lowest BCUT2D eigenvalue weighted by atomic mass is 10.1. The monoisotopic (exact) mass is 239 g/mol. The molecule has 1 aromatic heterocycles. The molecule has 1 heterocycles. The predicted octanol–water partition coefficient (Wildman–Crippen LogP) is 2.65. The van der Waals surface area contributed by atoms with Crippen LogP contribution in [0.5, 0.6) is 0 Å². The third-order valence-electron chi connectivity index (χ3n) is 3.55. The second-order valence-electron chi connectivity index (χ2n) is 4.97. The summed E-state index contributed by atoms with van der Waals surface area (Å²) in [4.78, 5) is 8.89. The molecule has 0 aliphatic heterocycles. The SMILES string of the molecule is CCc1ccc(-c2ccnc(C3(N)CC3)n2)cc1. The molecule has 2 N–H and O–H groups in total. The first-order valence-corrected chi connectivity index (χ1v) is 6.43. The molecular weight excluding hydrogens is 222 g/mol. The van der Waals surface area contributed by atoms with Crippen LogP contribution < -0.4 is 5.73 Å². The van der Waals surface area contributed by atoms with E-state index in [-0.39, 0.29) is 5.54 Å². The van der Waals surface area contributed by atoms with Crippen molar-refractivity contribution in [3.63, 3.8) is 0 Å². The Labute approximate surface area is 107 Å². The largest absolute Gasteiger partial charge is 0.319 e. The lowest BCUT2D eigenvalue weighted by Gasteiger charge is -2.09. The molecule has 2 aromatic rings. The van der Waals surface area contributed by atoms with Crippen LogP contribution in [0.2, 0.25) is 0 Å². The van der Waals surface area contributed by atoms with Crippen molar-refractivity contribution in [3.05, 3.63) is 47.9 Å². The summed E-state index contributed by atoms with van der Waals surface area (Å²) in [5.41, 5.74) is 9.29. The van der Waals surface area contributed by atoms with Crippen LogP contribution in [0.1, 0.15) is 31.2 Å². The van der Waals surface area contributed by atoms with E-state index in [1.165, 1.54) is 5.56 Å². The summed E-state index contributed by atoms with van der Waals surface area (Å²) in [5.74, 6) is 0.777. The first-order chi connectivity index (χ1) is 8.71. The van der Waals surface area contributed by atoms with Gasteiger partial charge in [0.1, 0.15) is 5.82 Å². The fraction of sp³-hybridized carbons (Fsp3) is 0.333. The molecule has 3 nitrogen and oxygen atoms in total. The van der Waals surface area contributed by atoms with Gasteiger partial charge >= 0.3 is 0 Å². The maximum absolute atomic E-state index is 6.14. The Balaban J connectivity index is 1.95. The van der Waals surface area contributed by atoms with Crippen molar-refractivity contribution in [1.82, 2.24) is 9.97 Å². The molecule has 0 amide bonds. The van der Waals surface area contributed by atoms with Gasteiger partial charge < -0.3 is 5.73 Å². The third-order valence-corrected chi connectivity index (χ3v) is 3.55. The Morgan fingerprint density at radius 2 is 1.89 bits per heavy atom. The van der Waals surface area contributed by atoms with Crippen molar-refractivity contribution in [2.24, 2.45) is 5.73 Å². The highest BCUT2D eigenvalue weighted by Crippen LogP contribution is 2.40. The van der Waals surface area contributed by atoms with Crippen LogP contribution in [0.15, 0.2) is 36.5 Å². The Kier molecular flexibility index (Phi) is 2.63. The van der Waals surface area contributed by atoms with Gasteiger partial charge in [0.15, 0.2) is 0 Å². The maximum Gasteiger partial charge on any atom is 0.148 e. The van der Waals surface area contributed by atoms with E-state index < -0.39 is 0 Å². The van der Waals surface area contributed by atoms with Crippen LogP contribution in [0.4, 0.5) is 0 Å². The summed E-state index contributed by atoms with van der Waals surface area (Å²) < 4.78 is 0. The molecule has 92 valence electrons. The molecule has 0 saturated heterocycles. The normalized spacial score (nSPS) is 16.6. The molecule has 1 saturated carbocycles. The first-order valence-electron chi connectivity index (χ1n) is 6.43. The number of rotatable bonds is 3. The lowest BCUT2D eigenvalue weighted by Crippen LogP contribution is -2.22. The lowest BCUT2D eigenvalue weighted by molar-refractivity contribution is 0.673. The van der Waals surface area contributed by atoms with Crippen molar-refractivity contribution in [2.75, 3.05) is 0 Å². The van der Waals surface area contributed by atoms with E-state index in [4.69, 9.17) is 5.73 Å². The predicted molar refractivity (Wildman–Crippen MR) is 71.9 cm³/mol. The van der Waals surface area contributed by atoms with Gasteiger partial charge in [0, 0.05) is 11.8 Å². The second kappa shape index (κ2) is 4.18. The molecule has 1 aromatic carbocycles. The van der Waals surface area contributed by atoms with Crippen molar-refractivity contribution < 1.29 is 0 Å². The summed E-state index contributed by atoms with van der Waals surface area (Å²) >= 11 is 0. The Bertz CT molecular complexity index is 556. The van der Waals surface area contributed by atoms with E-state index in [0.29, 0.717) is 0 Å². The number of aryl methyl sites for hydroxylation is 1. The van der Waals surface area contributed by atoms with Crippen molar-refractivity contribution in [2.45, 2.75) is 31.7 Å². The van der Waals surface area contributed by atoms with Crippen LogP contribution in [-0.4, -0.2) is 9.97 Å². The van der Waals surface area contributed by atoms with Crippen molar-refractivity contribution >= 4 is 0 Å². The topological polar surface area (TPSA) is 51.8 Å². The van der Waals surface area contributed by atoms with Gasteiger partial charge in [0.25, 0.3) is 0 Å². The highest BCUT2D eigenvalue weighted by Gasteiger charge is 2.43. The molecule has 1 fully saturated rings. The van der Waals surface area contributed by atoms with E-state index in [1.807, 2.05) is 6.07 Å². The van der Waals surface area contributed by atoms with Gasteiger partial charge in [-0.2, -0.15) is 0 Å². The van der Waals surface area contributed by atoms with Gasteiger partial charge in [-0.1, -0.05) is 31.2 Å². The van der Waals surface area contributed by atoms with E-state index in [0.717, 1.165) is 36.3 Å². The van der Waals surface area contributed by atoms with Gasteiger partial charge in [0.05, 0.1) is 11.2 Å². The van der Waals surface area contributed by atoms with Crippen molar-refractivity contribution in [1.29, 1.82) is 0 Å². The molecule has 0 radical (unpaired) electrons. The van der Waals surface area contributed by atoms with E-state index in [1.54, 1.807) is 6.20 Å². The van der Waals surface area contributed by atoms with Crippen LogP contribution >= 0.6 is 0 Å². The minimum atomic E-state index is -0.265. The van der Waals surface area contributed by atoms with E-state index in [2.05, 4.69) is 41.2 Å². The summed E-state index contributed by atoms with van der Waals surface area (Å²) in [5, 5.41) is 0. The summed E-state index contributed by atoms with van der Waals surface area (Å²) in [6.07, 6.45) is 4.84. The average molecular weight is 239 g/mol. The zero-order valence-electron chi connectivity index (χ0n) is 10.6. The van der Waals surface area contributed by atoms with Gasteiger partial charge in [-0.25, -0.2) is 9.97 Å². The zero-order valence-corrected chi connectivity index (χ0v) is 10.6. The summed E-state index contributed by atoms with van der Waals surface area (Å²) in [6, 6.07) is 10.5. The quantitative estimate of drug-likeness (QED) is 0.895. The molecule has 0 atom stereocenters. The van der Waals surface area contributed by atoms with E-state index >= 15 is 0 Å². The number of hydrogen-bond donors (Lipinski definition) is 1. The van der Waals surface area contributed by atoms with Crippen LogP contribution in [0.25, 0.3) is 11.3 Å². The second-order valence-corrected chi connectivity index (χ2v) is 4.97. The van der Waals surface area contributed by atoms with E-state index in [9.17, 15) is 0 Å². The Morgan fingerprint density at radius 3 is 2.50 bits per heavy atom. The van der Waals surface area contributed by atoms with Gasteiger partial charge in [-0.15, -0.1) is 0 Å². The fourth-order valence-corrected chi connectivity index (χ4v) is 2.03. The van der Waals surface area contributed by atoms with Gasteiger partial charge in [-0.3, -0.25) is 0 Å². The molecular formula is C15H17N3. The number of nitrogens with two attached hydrogens (primary N) is 1. The molecule has 0 spiro atoms. The molecule has 3 heteroatoms. The molecule has 1 aliphatic rings. The Hall–Kier alpha value is -1.74. The maximum atomic E-state index is 6.14. The smallest absolute Gasteiger partial charge is 0.148 e. The summed E-state index contributed by atoms with van der Waals surface area (Å²) in [6.45, 7) is 2.16. The summed E-state index contributed by atoms with van der Waals surface area (Å²) in [7, 11) is 0. The molecule has 0 unspecified atom stereocenters. The minimum absolute atomic E-state index is 0.265. The van der Waals surface area contributed by atoms with Gasteiger partial charge in [-0.05, 0) is 30.9 Å². The highest BCUT2D eigenvalue weighted by molar-refractivity contribution is 5.59. The third kappa shape index (κ3) is 2.02. The molecule has 3 rings (SSSR count). The number of hydrogen-bond acceptors (Lipinski definition) is 3. The Morgan fingerprint density at radius 1 is 1.17 bits per heavy atom. The van der Waals surface area contributed by atoms with Crippen LogP contribution in [-0.2, 0) is 12.0 Å². The number of nitrogens with zero attached hydrogens (tertiary/aromatic N) is 2. The average Bonchev–Trinajstić information content (AvgIpc) is 3.18. The standard InChI is InChI=1S/C15H17N3/c1-2-11-3-5-12(6-4-11)13-7-10-17-14(18-13)15(16)8-9-15/h3-7,10H,2,8-9,16H2,1H3. The highest BCUT2D eigenvalue weighted by atomic mass is 15.0. The molecule has 0 bridgehead atoms. The van der Waals surface area contributed by atoms with Crippen molar-refractivity contribution in [3.8, 4) is 11.3 Å². The number of benzene rings is 1. The minimum Gasteiger partial charge on any atom is -0.319 e. The van der Waals surface area contributed by atoms with Crippen LogP contribution in [0.3, 0.4) is 0 Å².